The van der Waals surface area contributed by atoms with Crippen molar-refractivity contribution in [2.24, 2.45) is 16.6 Å². The molecule has 0 aliphatic heterocycles. The molecule has 1 rings (SSSR count). The van der Waals surface area contributed by atoms with Crippen molar-refractivity contribution in [1.29, 1.82) is 0 Å². The summed E-state index contributed by atoms with van der Waals surface area (Å²) >= 11 is 0. The number of guanidine groups is 1. The molecular formula is C11H17N4O3+. The van der Waals surface area contributed by atoms with Crippen LogP contribution >= 0.6 is 0 Å². The van der Waals surface area contributed by atoms with Crippen LogP contribution in [0.15, 0.2) is 17.2 Å². The largest absolute Gasteiger partial charge is 0.496 e. The van der Waals surface area contributed by atoms with Gasteiger partial charge < -0.3 is 25.7 Å². The number of nitrogens with two attached hydrogens (primary N) is 2. The molecule has 0 unspecified atom stereocenters. The molecule has 0 spiro atoms. The van der Waals surface area contributed by atoms with Crippen molar-refractivity contribution in [1.82, 2.24) is 0 Å². The molecule has 0 radical (unpaired) electrons. The van der Waals surface area contributed by atoms with Gasteiger partial charge in [-0.3, -0.25) is 0 Å². The van der Waals surface area contributed by atoms with Gasteiger partial charge in [-0.15, -0.1) is 5.10 Å². The summed E-state index contributed by atoms with van der Waals surface area (Å²) in [6.07, 6.45) is 1.57. The Hall–Kier alpha value is -2.44. The Kier molecular flexibility index (Phi) is 4.79. The Labute approximate surface area is 105 Å². The van der Waals surface area contributed by atoms with E-state index in [1.807, 2.05) is 0 Å². The van der Waals surface area contributed by atoms with Crippen molar-refractivity contribution >= 4 is 12.2 Å². The molecule has 0 aliphatic rings. The van der Waals surface area contributed by atoms with Gasteiger partial charge in [-0.1, -0.05) is 0 Å². The zero-order valence-corrected chi connectivity index (χ0v) is 10.6. The van der Waals surface area contributed by atoms with Gasteiger partial charge in [0.1, 0.15) is 22.8 Å². The molecule has 5 N–H and O–H groups in total. The van der Waals surface area contributed by atoms with Gasteiger partial charge in [0, 0.05) is 17.2 Å². The zero-order valence-electron chi connectivity index (χ0n) is 10.6. The van der Waals surface area contributed by atoms with E-state index in [1.54, 1.807) is 39.7 Å². The molecule has 0 bridgehead atoms. The van der Waals surface area contributed by atoms with Crippen molar-refractivity contribution in [3.05, 3.63) is 17.7 Å². The summed E-state index contributed by atoms with van der Waals surface area (Å²) in [5, 5.41) is 6.24. The van der Waals surface area contributed by atoms with E-state index in [0.29, 0.717) is 22.8 Å². The maximum absolute atomic E-state index is 5.25. The first-order chi connectivity index (χ1) is 8.62. The van der Waals surface area contributed by atoms with Gasteiger partial charge in [0.15, 0.2) is 0 Å². The van der Waals surface area contributed by atoms with E-state index in [9.17, 15) is 0 Å². The molecule has 7 nitrogen and oxygen atoms in total. The van der Waals surface area contributed by atoms with Gasteiger partial charge in [-0.25, -0.2) is 0 Å². The Bertz CT molecular complexity index is 442. The molecule has 0 heterocycles. The zero-order chi connectivity index (χ0) is 13.5. The van der Waals surface area contributed by atoms with E-state index >= 15 is 0 Å². The number of ether oxygens (including phenoxy) is 3. The lowest BCUT2D eigenvalue weighted by Crippen LogP contribution is -2.63. The summed E-state index contributed by atoms with van der Waals surface area (Å²) in [7, 11) is 4.66. The highest BCUT2D eigenvalue weighted by Crippen LogP contribution is 2.32. The minimum atomic E-state index is -0.0716. The molecule has 0 aromatic heterocycles. The highest BCUT2D eigenvalue weighted by Gasteiger charge is 2.13. The van der Waals surface area contributed by atoms with Crippen LogP contribution in [0.5, 0.6) is 17.2 Å². The smallest absolute Gasteiger partial charge is 0.256 e. The summed E-state index contributed by atoms with van der Waals surface area (Å²) in [5.74, 6) is 1.70. The normalized spacial score (nSPS) is 10.2. The fourth-order valence-corrected chi connectivity index (χ4v) is 1.35. The lowest BCUT2D eigenvalue weighted by atomic mass is 10.2. The Balaban J connectivity index is 3.22. The standard InChI is InChI=1S/C11H16N4O3/c1-16-7-4-9(17-2)8(10(5-7)18-3)6-14-15-11(12)13/h4-6H,1-3H3,(H4,12,13,15)/p+1/b14-6+. The van der Waals surface area contributed by atoms with Gasteiger partial charge in [-0.05, 0) is 0 Å². The fraction of sp³-hybridized carbons (Fsp3) is 0.273. The monoisotopic (exact) mass is 253 g/mol. The predicted molar refractivity (Wildman–Crippen MR) is 68.0 cm³/mol. The molecular weight excluding hydrogens is 236 g/mol. The molecule has 0 saturated carbocycles. The van der Waals surface area contributed by atoms with E-state index in [1.165, 1.54) is 0 Å². The van der Waals surface area contributed by atoms with Crippen LogP contribution in [0, 0.1) is 0 Å². The van der Waals surface area contributed by atoms with Gasteiger partial charge in [0.2, 0.25) is 6.21 Å². The maximum atomic E-state index is 5.25. The summed E-state index contributed by atoms with van der Waals surface area (Å²) in [6, 6.07) is 3.46. The molecule has 0 saturated heterocycles. The van der Waals surface area contributed by atoms with Crippen LogP contribution < -0.4 is 30.8 Å². The van der Waals surface area contributed by atoms with Crippen molar-refractivity contribution in [2.45, 2.75) is 0 Å². The van der Waals surface area contributed by atoms with Gasteiger partial charge in [0.25, 0.3) is 5.96 Å². The van der Waals surface area contributed by atoms with E-state index in [2.05, 4.69) is 10.2 Å². The Morgan fingerprint density at radius 1 is 1.11 bits per heavy atom. The van der Waals surface area contributed by atoms with Gasteiger partial charge in [0.05, 0.1) is 21.3 Å². The topological polar surface area (TPSA) is 106 Å². The summed E-state index contributed by atoms with van der Waals surface area (Å²) in [4.78, 5) is 0. The predicted octanol–water partition coefficient (Wildman–Crippen LogP) is -1.60. The van der Waals surface area contributed by atoms with E-state index < -0.39 is 0 Å². The fourth-order valence-electron chi connectivity index (χ4n) is 1.35. The van der Waals surface area contributed by atoms with E-state index in [4.69, 9.17) is 25.7 Å². The summed E-state index contributed by atoms with van der Waals surface area (Å²) in [6.45, 7) is 0. The summed E-state index contributed by atoms with van der Waals surface area (Å²) in [5.41, 5.74) is 11.1. The number of hydrogen-bond donors (Lipinski definition) is 3. The molecule has 18 heavy (non-hydrogen) atoms. The number of benzene rings is 1. The Morgan fingerprint density at radius 2 is 1.67 bits per heavy atom. The maximum Gasteiger partial charge on any atom is 0.256 e. The third-order valence-electron chi connectivity index (χ3n) is 2.16. The summed E-state index contributed by atoms with van der Waals surface area (Å²) < 4.78 is 15.6. The molecule has 0 fully saturated rings. The second-order valence-corrected chi connectivity index (χ2v) is 3.26. The van der Waals surface area contributed by atoms with E-state index in [-0.39, 0.29) is 5.96 Å². The average Bonchev–Trinajstić information content (AvgIpc) is 2.37. The van der Waals surface area contributed by atoms with Crippen molar-refractivity contribution in [3.63, 3.8) is 0 Å². The van der Waals surface area contributed by atoms with E-state index in [0.717, 1.165) is 0 Å². The highest BCUT2D eigenvalue weighted by molar-refractivity contribution is 5.84. The SMILES string of the molecule is COc1cc(OC)c(/C=[NH+]/N=C(N)N)c(OC)c1. The van der Waals surface area contributed by atoms with Crippen LogP contribution in [-0.2, 0) is 0 Å². The van der Waals surface area contributed by atoms with Crippen LogP contribution in [0.4, 0.5) is 0 Å². The number of nitrogens with zero attached hydrogens (tertiary/aromatic N) is 1. The minimum Gasteiger partial charge on any atom is -0.496 e. The molecule has 0 aliphatic carbocycles. The molecule has 98 valence electrons. The minimum absolute atomic E-state index is 0.0716. The first-order valence-electron chi connectivity index (χ1n) is 5.09. The number of rotatable bonds is 5. The van der Waals surface area contributed by atoms with Gasteiger partial charge >= 0.3 is 0 Å². The lowest BCUT2D eigenvalue weighted by molar-refractivity contribution is -0.456. The third kappa shape index (κ3) is 3.27. The van der Waals surface area contributed by atoms with Crippen LogP contribution in [0.1, 0.15) is 5.56 Å². The lowest BCUT2D eigenvalue weighted by Gasteiger charge is -2.10. The van der Waals surface area contributed by atoms with Crippen LogP contribution in [0.2, 0.25) is 0 Å². The first kappa shape index (κ1) is 13.6. The first-order valence-corrected chi connectivity index (χ1v) is 5.09. The molecule has 1 aromatic rings. The van der Waals surface area contributed by atoms with Crippen molar-refractivity contribution < 1.29 is 19.3 Å². The Morgan fingerprint density at radius 3 is 2.06 bits per heavy atom. The van der Waals surface area contributed by atoms with Crippen LogP contribution in [-0.4, -0.2) is 33.5 Å². The molecule has 0 amide bonds. The second kappa shape index (κ2) is 6.33. The van der Waals surface area contributed by atoms with Crippen molar-refractivity contribution in [2.75, 3.05) is 21.3 Å². The van der Waals surface area contributed by atoms with Crippen LogP contribution in [0.25, 0.3) is 0 Å². The molecule has 7 heteroatoms. The van der Waals surface area contributed by atoms with Crippen LogP contribution in [0.3, 0.4) is 0 Å². The van der Waals surface area contributed by atoms with Crippen molar-refractivity contribution in [3.8, 4) is 17.2 Å². The number of hydrogen-bond acceptors (Lipinski definition) is 4. The van der Waals surface area contributed by atoms with Gasteiger partial charge in [-0.2, -0.15) is 0 Å². The second-order valence-electron chi connectivity index (χ2n) is 3.26. The average molecular weight is 253 g/mol. The third-order valence-corrected chi connectivity index (χ3v) is 2.16. The number of methoxy groups -OCH3 is 3. The number of hydrazone groups is 1. The molecule has 0 atom stereocenters. The molecule has 1 aromatic carbocycles. The highest BCUT2D eigenvalue weighted by atomic mass is 16.5. The quantitative estimate of drug-likeness (QED) is 0.333. The number of nitrogens with one attached hydrogen (secondary N) is 1.